The molecule has 2 N–H and O–H groups in total. The number of rotatable bonds is 5. The first-order valence-electron chi connectivity index (χ1n) is 8.26. The lowest BCUT2D eigenvalue weighted by atomic mass is 10.2. The average Bonchev–Trinajstić information content (AvgIpc) is 3.01. The van der Waals surface area contributed by atoms with E-state index in [9.17, 15) is 14.0 Å². The third-order valence-electron chi connectivity index (χ3n) is 4.12. The summed E-state index contributed by atoms with van der Waals surface area (Å²) in [6.07, 6.45) is 1.48. The van der Waals surface area contributed by atoms with Gasteiger partial charge in [-0.25, -0.2) is 4.39 Å². The van der Waals surface area contributed by atoms with Crippen LogP contribution in [0.3, 0.4) is 0 Å². The molecule has 5 nitrogen and oxygen atoms in total. The summed E-state index contributed by atoms with van der Waals surface area (Å²) in [5, 5.41) is 5.77. The molecule has 0 bridgehead atoms. The van der Waals surface area contributed by atoms with Gasteiger partial charge in [-0.2, -0.15) is 0 Å². The fraction of sp³-hybridized carbons (Fsp3) is 0.263. The molecule has 6 heteroatoms. The van der Waals surface area contributed by atoms with E-state index in [0.29, 0.717) is 12.1 Å². The third-order valence-corrected chi connectivity index (χ3v) is 4.12. The minimum atomic E-state index is -0.498. The van der Waals surface area contributed by atoms with Crippen LogP contribution in [0.5, 0.6) is 0 Å². The van der Waals surface area contributed by atoms with Gasteiger partial charge in [0, 0.05) is 30.0 Å². The zero-order chi connectivity index (χ0) is 17.8. The first-order valence-corrected chi connectivity index (χ1v) is 8.26. The monoisotopic (exact) mass is 341 g/mol. The number of carbonyl (C=O) groups is 2. The minimum absolute atomic E-state index is 0.142. The molecule has 0 radical (unpaired) electrons. The lowest BCUT2D eigenvalue weighted by molar-refractivity contribution is -0.117. The van der Waals surface area contributed by atoms with E-state index < -0.39 is 11.9 Å². The Morgan fingerprint density at radius 2 is 1.92 bits per heavy atom. The van der Waals surface area contributed by atoms with Gasteiger partial charge in [-0.1, -0.05) is 6.07 Å². The van der Waals surface area contributed by atoms with Crippen molar-refractivity contribution in [3.05, 3.63) is 54.3 Å². The van der Waals surface area contributed by atoms with E-state index in [2.05, 4.69) is 10.6 Å². The van der Waals surface area contributed by atoms with Gasteiger partial charge < -0.3 is 15.5 Å². The molecule has 0 spiro atoms. The number of carbonyl (C=O) groups excluding carboxylic acids is 2. The number of nitrogens with zero attached hydrogens (tertiary/aromatic N) is 1. The summed E-state index contributed by atoms with van der Waals surface area (Å²) in [7, 11) is 0. The van der Waals surface area contributed by atoms with E-state index >= 15 is 0 Å². The smallest absolute Gasteiger partial charge is 0.246 e. The quantitative estimate of drug-likeness (QED) is 0.876. The summed E-state index contributed by atoms with van der Waals surface area (Å²) in [5.41, 5.74) is 2.06. The van der Waals surface area contributed by atoms with Crippen molar-refractivity contribution in [2.24, 2.45) is 0 Å². The maximum absolute atomic E-state index is 13.2. The summed E-state index contributed by atoms with van der Waals surface area (Å²) in [5.74, 6) is -0.515. The van der Waals surface area contributed by atoms with Crippen LogP contribution in [0, 0.1) is 5.82 Å². The van der Waals surface area contributed by atoms with Crippen molar-refractivity contribution in [2.45, 2.75) is 25.8 Å². The van der Waals surface area contributed by atoms with Crippen LogP contribution in [0.15, 0.2) is 48.5 Å². The Labute approximate surface area is 145 Å². The van der Waals surface area contributed by atoms with Gasteiger partial charge in [0.1, 0.15) is 11.9 Å². The molecule has 0 aliphatic carbocycles. The molecular formula is C19H20FN3O2. The van der Waals surface area contributed by atoms with Crippen LogP contribution in [0.4, 0.5) is 21.5 Å². The molecule has 1 heterocycles. The van der Waals surface area contributed by atoms with E-state index in [-0.39, 0.29) is 11.8 Å². The van der Waals surface area contributed by atoms with Gasteiger partial charge in [-0.15, -0.1) is 0 Å². The Kier molecular flexibility index (Phi) is 4.97. The number of nitrogens with one attached hydrogen (secondary N) is 2. The third kappa shape index (κ3) is 4.15. The Balaban J connectivity index is 1.59. The van der Waals surface area contributed by atoms with Crippen LogP contribution in [0.1, 0.15) is 19.8 Å². The highest BCUT2D eigenvalue weighted by molar-refractivity contribution is 5.97. The van der Waals surface area contributed by atoms with Gasteiger partial charge in [-0.3, -0.25) is 9.59 Å². The summed E-state index contributed by atoms with van der Waals surface area (Å²) in [6, 6.07) is 12.7. The predicted octanol–water partition coefficient (Wildman–Crippen LogP) is 3.39. The number of hydrogen-bond acceptors (Lipinski definition) is 3. The van der Waals surface area contributed by atoms with Crippen LogP contribution >= 0.6 is 0 Å². The zero-order valence-electron chi connectivity index (χ0n) is 14.0. The van der Waals surface area contributed by atoms with Crippen molar-refractivity contribution in [3.8, 4) is 0 Å². The number of benzene rings is 2. The fourth-order valence-electron chi connectivity index (χ4n) is 2.79. The number of hydrogen-bond donors (Lipinski definition) is 2. The van der Waals surface area contributed by atoms with Gasteiger partial charge in [0.05, 0.1) is 0 Å². The predicted molar refractivity (Wildman–Crippen MR) is 96.1 cm³/mol. The lowest BCUT2D eigenvalue weighted by Crippen LogP contribution is -2.31. The molecule has 2 aromatic rings. The van der Waals surface area contributed by atoms with Crippen molar-refractivity contribution in [3.63, 3.8) is 0 Å². The largest absolute Gasteiger partial charge is 0.374 e. The lowest BCUT2D eigenvalue weighted by Gasteiger charge is -2.18. The number of halogens is 1. The highest BCUT2D eigenvalue weighted by Gasteiger charge is 2.21. The molecular weight excluding hydrogens is 321 g/mol. The normalized spacial score (nSPS) is 15.1. The summed E-state index contributed by atoms with van der Waals surface area (Å²) >= 11 is 0. The first-order chi connectivity index (χ1) is 12.0. The second kappa shape index (κ2) is 7.34. The molecule has 1 fully saturated rings. The molecule has 1 aliphatic heterocycles. The molecule has 3 rings (SSSR count). The standard InChI is InChI=1S/C19H20FN3O2/c1-13(19(25)22-16-5-2-4-14(20)12-16)21-15-7-9-17(10-8-15)23-11-3-6-18(23)24/h2,4-5,7-10,12-13,21H,3,6,11H2,1H3,(H,22,25). The van der Waals surface area contributed by atoms with Gasteiger partial charge in [0.25, 0.3) is 0 Å². The second-order valence-electron chi connectivity index (χ2n) is 6.06. The Hall–Kier alpha value is -2.89. The van der Waals surface area contributed by atoms with E-state index in [1.165, 1.54) is 12.1 Å². The fourth-order valence-corrected chi connectivity index (χ4v) is 2.79. The van der Waals surface area contributed by atoms with E-state index in [0.717, 1.165) is 24.3 Å². The average molecular weight is 341 g/mol. The van der Waals surface area contributed by atoms with E-state index in [1.54, 1.807) is 24.0 Å². The van der Waals surface area contributed by atoms with Gasteiger partial charge in [-0.05, 0) is 55.8 Å². The summed E-state index contributed by atoms with van der Waals surface area (Å²) in [6.45, 7) is 2.48. The summed E-state index contributed by atoms with van der Waals surface area (Å²) in [4.78, 5) is 25.7. The number of anilines is 3. The highest BCUT2D eigenvalue weighted by atomic mass is 19.1. The van der Waals surface area contributed by atoms with Crippen LogP contribution in [0.2, 0.25) is 0 Å². The van der Waals surface area contributed by atoms with Crippen LogP contribution < -0.4 is 15.5 Å². The first kappa shape index (κ1) is 17.0. The molecule has 1 unspecified atom stereocenters. The Bertz CT molecular complexity index is 776. The topological polar surface area (TPSA) is 61.4 Å². The second-order valence-corrected chi connectivity index (χ2v) is 6.06. The van der Waals surface area contributed by atoms with Crippen molar-refractivity contribution in [1.29, 1.82) is 0 Å². The highest BCUT2D eigenvalue weighted by Crippen LogP contribution is 2.23. The maximum atomic E-state index is 13.2. The molecule has 2 aromatic carbocycles. The van der Waals surface area contributed by atoms with Crippen LogP contribution in [-0.4, -0.2) is 24.4 Å². The molecule has 25 heavy (non-hydrogen) atoms. The molecule has 0 aromatic heterocycles. The minimum Gasteiger partial charge on any atom is -0.374 e. The van der Waals surface area contributed by atoms with E-state index in [4.69, 9.17) is 0 Å². The number of amides is 2. The molecule has 0 saturated carbocycles. The molecule has 1 aliphatic rings. The van der Waals surface area contributed by atoms with Gasteiger partial charge in [0.15, 0.2) is 0 Å². The Morgan fingerprint density at radius 1 is 1.16 bits per heavy atom. The molecule has 1 atom stereocenters. The zero-order valence-corrected chi connectivity index (χ0v) is 14.0. The van der Waals surface area contributed by atoms with Crippen molar-refractivity contribution in [2.75, 3.05) is 22.1 Å². The SMILES string of the molecule is CC(Nc1ccc(N2CCCC2=O)cc1)C(=O)Nc1cccc(F)c1. The molecule has 1 saturated heterocycles. The summed E-state index contributed by atoms with van der Waals surface area (Å²) < 4.78 is 13.2. The maximum Gasteiger partial charge on any atom is 0.246 e. The van der Waals surface area contributed by atoms with E-state index in [1.807, 2.05) is 24.3 Å². The Morgan fingerprint density at radius 3 is 2.56 bits per heavy atom. The van der Waals surface area contributed by atoms with Crippen LogP contribution in [-0.2, 0) is 9.59 Å². The van der Waals surface area contributed by atoms with Crippen molar-refractivity contribution in [1.82, 2.24) is 0 Å². The van der Waals surface area contributed by atoms with Gasteiger partial charge >= 0.3 is 0 Å². The molecule has 2 amide bonds. The molecule has 130 valence electrons. The van der Waals surface area contributed by atoms with Gasteiger partial charge in [0.2, 0.25) is 11.8 Å². The van der Waals surface area contributed by atoms with Crippen molar-refractivity contribution < 1.29 is 14.0 Å². The van der Waals surface area contributed by atoms with Crippen molar-refractivity contribution >= 4 is 28.9 Å². The van der Waals surface area contributed by atoms with Crippen LogP contribution in [0.25, 0.3) is 0 Å².